The van der Waals surface area contributed by atoms with E-state index in [1.54, 1.807) is 7.11 Å². The number of nitrogens with one attached hydrogen (secondary N) is 2. The van der Waals surface area contributed by atoms with Gasteiger partial charge >= 0.3 is 0 Å². The van der Waals surface area contributed by atoms with Crippen molar-refractivity contribution in [1.82, 2.24) is 20.4 Å². The molecule has 0 saturated carbocycles. The summed E-state index contributed by atoms with van der Waals surface area (Å²) in [6.07, 6.45) is 2.39. The van der Waals surface area contributed by atoms with Gasteiger partial charge in [0, 0.05) is 44.8 Å². The fourth-order valence-corrected chi connectivity index (χ4v) is 3.48. The average Bonchev–Trinajstić information content (AvgIpc) is 2.72. The SMILES string of the molecule is CCNC(=NCc1ccc(C)cc1OC)NCCCCN1CCN(CC)CC1.I. The van der Waals surface area contributed by atoms with Crippen LogP contribution in [0, 0.1) is 6.92 Å². The highest BCUT2D eigenvalue weighted by Crippen LogP contribution is 2.20. The van der Waals surface area contributed by atoms with E-state index < -0.39 is 0 Å². The molecule has 0 aliphatic carbocycles. The third-order valence-corrected chi connectivity index (χ3v) is 5.30. The van der Waals surface area contributed by atoms with Gasteiger partial charge in [0.05, 0.1) is 13.7 Å². The number of methoxy groups -OCH3 is 1. The molecule has 1 fully saturated rings. The maximum atomic E-state index is 5.49. The molecule has 29 heavy (non-hydrogen) atoms. The van der Waals surface area contributed by atoms with E-state index in [0.717, 1.165) is 36.8 Å². The van der Waals surface area contributed by atoms with Crippen molar-refractivity contribution in [2.75, 3.05) is 59.5 Å². The smallest absolute Gasteiger partial charge is 0.191 e. The maximum Gasteiger partial charge on any atom is 0.191 e. The minimum atomic E-state index is 0. The molecule has 0 unspecified atom stereocenters. The van der Waals surface area contributed by atoms with Crippen LogP contribution in [0.4, 0.5) is 0 Å². The van der Waals surface area contributed by atoms with E-state index in [2.05, 4.69) is 59.4 Å². The highest BCUT2D eigenvalue weighted by Gasteiger charge is 2.14. The first-order valence-corrected chi connectivity index (χ1v) is 10.8. The van der Waals surface area contributed by atoms with E-state index in [0.29, 0.717) is 6.54 Å². The fourth-order valence-electron chi connectivity index (χ4n) is 3.48. The van der Waals surface area contributed by atoms with Crippen LogP contribution in [-0.4, -0.2) is 75.2 Å². The van der Waals surface area contributed by atoms with Crippen LogP contribution in [0.5, 0.6) is 5.75 Å². The predicted octanol–water partition coefficient (Wildman–Crippen LogP) is 3.09. The van der Waals surface area contributed by atoms with Crippen molar-refractivity contribution in [2.45, 2.75) is 40.2 Å². The minimum Gasteiger partial charge on any atom is -0.496 e. The Labute approximate surface area is 194 Å². The number of hydrogen-bond donors (Lipinski definition) is 2. The first-order valence-electron chi connectivity index (χ1n) is 10.8. The fraction of sp³-hybridized carbons (Fsp3) is 0.682. The zero-order chi connectivity index (χ0) is 20.2. The van der Waals surface area contributed by atoms with Crippen LogP contribution in [0.3, 0.4) is 0 Å². The van der Waals surface area contributed by atoms with Crippen LogP contribution in [0.2, 0.25) is 0 Å². The molecule has 7 heteroatoms. The molecule has 6 nitrogen and oxygen atoms in total. The van der Waals surface area contributed by atoms with Gasteiger partial charge in [-0.3, -0.25) is 0 Å². The van der Waals surface area contributed by atoms with Gasteiger partial charge in [-0.25, -0.2) is 4.99 Å². The topological polar surface area (TPSA) is 52.1 Å². The number of benzene rings is 1. The van der Waals surface area contributed by atoms with E-state index in [9.17, 15) is 0 Å². The molecule has 1 heterocycles. The molecular formula is C22H40IN5O. The summed E-state index contributed by atoms with van der Waals surface area (Å²) in [5.74, 6) is 1.78. The number of nitrogens with zero attached hydrogens (tertiary/aromatic N) is 3. The summed E-state index contributed by atoms with van der Waals surface area (Å²) in [6.45, 7) is 16.1. The van der Waals surface area contributed by atoms with Crippen LogP contribution in [0.25, 0.3) is 0 Å². The summed E-state index contributed by atoms with van der Waals surface area (Å²) in [5, 5.41) is 6.80. The second-order valence-corrected chi connectivity index (χ2v) is 7.42. The molecule has 0 atom stereocenters. The zero-order valence-electron chi connectivity index (χ0n) is 18.7. The van der Waals surface area contributed by atoms with Gasteiger partial charge in [0.15, 0.2) is 5.96 Å². The van der Waals surface area contributed by atoms with Gasteiger partial charge in [-0.2, -0.15) is 0 Å². The normalized spacial score (nSPS) is 15.7. The molecule has 0 spiro atoms. The van der Waals surface area contributed by atoms with Gasteiger partial charge in [-0.1, -0.05) is 19.1 Å². The number of hydrogen-bond acceptors (Lipinski definition) is 4. The van der Waals surface area contributed by atoms with Gasteiger partial charge in [0.25, 0.3) is 0 Å². The van der Waals surface area contributed by atoms with E-state index in [1.807, 2.05) is 0 Å². The van der Waals surface area contributed by atoms with Gasteiger partial charge in [0.2, 0.25) is 0 Å². The van der Waals surface area contributed by atoms with Gasteiger partial charge in [-0.05, 0) is 51.4 Å². The number of aliphatic imine (C=N–C) groups is 1. The molecule has 166 valence electrons. The molecule has 0 bridgehead atoms. The number of likely N-dealkylation sites (N-methyl/N-ethyl adjacent to an activating group) is 1. The van der Waals surface area contributed by atoms with E-state index >= 15 is 0 Å². The zero-order valence-corrected chi connectivity index (χ0v) is 21.0. The first kappa shape index (κ1) is 26.0. The number of halogens is 1. The Hall–Kier alpha value is -1.06. The Morgan fingerprint density at radius 3 is 2.45 bits per heavy atom. The van der Waals surface area contributed by atoms with Crippen LogP contribution < -0.4 is 15.4 Å². The molecule has 2 rings (SSSR count). The number of rotatable bonds is 10. The Bertz CT molecular complexity index is 603. The molecular weight excluding hydrogens is 477 g/mol. The Morgan fingerprint density at radius 1 is 1.07 bits per heavy atom. The third-order valence-electron chi connectivity index (χ3n) is 5.30. The summed E-state index contributed by atoms with van der Waals surface area (Å²) < 4.78 is 5.49. The van der Waals surface area contributed by atoms with Gasteiger partial charge < -0.3 is 25.2 Å². The number of guanidine groups is 1. The number of piperazine rings is 1. The molecule has 2 N–H and O–H groups in total. The van der Waals surface area contributed by atoms with Crippen LogP contribution in [0.1, 0.15) is 37.8 Å². The Kier molecular flexibility index (Phi) is 13.3. The van der Waals surface area contributed by atoms with Crippen molar-refractivity contribution in [1.29, 1.82) is 0 Å². The maximum absolute atomic E-state index is 5.49. The third kappa shape index (κ3) is 9.53. The summed E-state index contributed by atoms with van der Waals surface area (Å²) in [5.41, 5.74) is 2.31. The molecule has 0 aromatic heterocycles. The van der Waals surface area contributed by atoms with E-state index in [4.69, 9.17) is 9.73 Å². The van der Waals surface area contributed by atoms with Gasteiger partial charge in [0.1, 0.15) is 5.75 Å². The minimum absolute atomic E-state index is 0. The Morgan fingerprint density at radius 2 is 1.79 bits per heavy atom. The molecule has 1 aromatic carbocycles. The lowest BCUT2D eigenvalue weighted by Gasteiger charge is -2.34. The van der Waals surface area contributed by atoms with Crippen molar-refractivity contribution in [3.05, 3.63) is 29.3 Å². The van der Waals surface area contributed by atoms with Crippen LogP contribution in [0.15, 0.2) is 23.2 Å². The van der Waals surface area contributed by atoms with Crippen molar-refractivity contribution in [3.8, 4) is 5.75 Å². The average molecular weight is 518 g/mol. The molecule has 1 aromatic rings. The van der Waals surface area contributed by atoms with E-state index in [1.165, 1.54) is 51.3 Å². The molecule has 0 radical (unpaired) electrons. The largest absolute Gasteiger partial charge is 0.496 e. The lowest BCUT2D eigenvalue weighted by Crippen LogP contribution is -2.46. The summed E-state index contributed by atoms with van der Waals surface area (Å²) in [6, 6.07) is 6.26. The highest BCUT2D eigenvalue weighted by atomic mass is 127. The molecule has 1 aliphatic heterocycles. The predicted molar refractivity (Wildman–Crippen MR) is 134 cm³/mol. The lowest BCUT2D eigenvalue weighted by atomic mass is 10.1. The number of unbranched alkanes of at least 4 members (excludes halogenated alkanes) is 1. The van der Waals surface area contributed by atoms with E-state index in [-0.39, 0.29) is 24.0 Å². The monoisotopic (exact) mass is 517 g/mol. The quantitative estimate of drug-likeness (QED) is 0.216. The summed E-state index contributed by atoms with van der Waals surface area (Å²) in [7, 11) is 1.72. The molecule has 1 aliphatic rings. The second kappa shape index (κ2) is 14.8. The Balaban J connectivity index is 0.00000420. The van der Waals surface area contributed by atoms with Gasteiger partial charge in [-0.15, -0.1) is 24.0 Å². The number of aryl methyl sites for hydroxylation is 1. The number of ether oxygens (including phenoxy) is 1. The standard InChI is InChI=1S/C22H39N5O.HI/c1-5-23-22(25-18-20-10-9-19(3)17-21(20)28-4)24-11-7-8-12-27-15-13-26(6-2)14-16-27;/h9-10,17H,5-8,11-16,18H2,1-4H3,(H2,23,24,25);1H. The molecule has 0 amide bonds. The van der Waals surface area contributed by atoms with Crippen molar-refractivity contribution >= 4 is 29.9 Å². The first-order chi connectivity index (χ1) is 13.7. The van der Waals surface area contributed by atoms with Crippen LogP contribution >= 0.6 is 24.0 Å². The molecule has 1 saturated heterocycles. The second-order valence-electron chi connectivity index (χ2n) is 7.42. The summed E-state index contributed by atoms with van der Waals surface area (Å²) in [4.78, 5) is 9.85. The van der Waals surface area contributed by atoms with Crippen molar-refractivity contribution < 1.29 is 4.74 Å². The van der Waals surface area contributed by atoms with Crippen LogP contribution in [-0.2, 0) is 6.54 Å². The lowest BCUT2D eigenvalue weighted by molar-refractivity contribution is 0.136. The highest BCUT2D eigenvalue weighted by molar-refractivity contribution is 14.0. The van der Waals surface area contributed by atoms with Crippen molar-refractivity contribution in [2.24, 2.45) is 4.99 Å². The van der Waals surface area contributed by atoms with Crippen molar-refractivity contribution in [3.63, 3.8) is 0 Å². The summed E-state index contributed by atoms with van der Waals surface area (Å²) >= 11 is 0.